The molecule has 0 fully saturated rings. The van der Waals surface area contributed by atoms with E-state index in [0.717, 1.165) is 28.0 Å². The lowest BCUT2D eigenvalue weighted by Gasteiger charge is -2.35. The Bertz CT molecular complexity index is 1900. The molecule has 54 heavy (non-hydrogen) atoms. The van der Waals surface area contributed by atoms with Crippen molar-refractivity contribution in [2.24, 2.45) is 5.92 Å². The number of rotatable bonds is 16. The summed E-state index contributed by atoms with van der Waals surface area (Å²) >= 11 is 1.84. The minimum atomic E-state index is -0.956. The summed E-state index contributed by atoms with van der Waals surface area (Å²) in [5.74, 6) is -0.338. The second-order valence-corrected chi connectivity index (χ2v) is 15.2. The van der Waals surface area contributed by atoms with Gasteiger partial charge in [0.1, 0.15) is 24.5 Å². The number of hydrogen-bond acceptors (Lipinski definition) is 6. The number of allylic oxidation sites excluding steroid dienone is 1. The molecule has 6 rings (SSSR count). The normalized spacial score (nSPS) is 13.6. The quantitative estimate of drug-likeness (QED) is 0.0470. The van der Waals surface area contributed by atoms with Crippen LogP contribution in [0.3, 0.4) is 0 Å². The molecule has 2 atom stereocenters. The van der Waals surface area contributed by atoms with Gasteiger partial charge in [-0.05, 0) is 70.0 Å². The molecule has 276 valence electrons. The molecule has 0 saturated carbocycles. The number of carbonyl (C=O) groups excluding carboxylic acids is 3. The van der Waals surface area contributed by atoms with Gasteiger partial charge in [-0.25, -0.2) is 9.59 Å². The SMILES string of the molecule is CC(=O)CC(/C=C/CCSC(c1ccccc1)(c1ccccc1)c1ccccc1)OC(=O)[C@@H](NC(=O)OCC1c2ccccc2-c2ccccc21)C(C)C. The second kappa shape index (κ2) is 18.1. The topological polar surface area (TPSA) is 81.7 Å². The first kappa shape index (κ1) is 38.3. The number of ether oxygens (including phenoxy) is 2. The first-order chi connectivity index (χ1) is 26.3. The smallest absolute Gasteiger partial charge is 0.407 e. The van der Waals surface area contributed by atoms with E-state index in [2.05, 4.69) is 102 Å². The molecule has 0 aromatic heterocycles. The van der Waals surface area contributed by atoms with Crippen molar-refractivity contribution in [1.82, 2.24) is 5.32 Å². The Morgan fingerprint density at radius 1 is 0.722 bits per heavy atom. The van der Waals surface area contributed by atoms with Crippen molar-refractivity contribution in [2.45, 2.75) is 56.4 Å². The predicted molar refractivity (Wildman–Crippen MR) is 217 cm³/mol. The highest BCUT2D eigenvalue weighted by molar-refractivity contribution is 8.00. The van der Waals surface area contributed by atoms with E-state index in [0.29, 0.717) is 6.42 Å². The van der Waals surface area contributed by atoms with Gasteiger partial charge in [0, 0.05) is 12.3 Å². The zero-order chi connectivity index (χ0) is 37.9. The van der Waals surface area contributed by atoms with E-state index >= 15 is 0 Å². The van der Waals surface area contributed by atoms with Crippen LogP contribution >= 0.6 is 11.8 Å². The van der Waals surface area contributed by atoms with Gasteiger partial charge in [0.25, 0.3) is 0 Å². The van der Waals surface area contributed by atoms with E-state index in [4.69, 9.17) is 9.47 Å². The minimum Gasteiger partial charge on any atom is -0.456 e. The maximum absolute atomic E-state index is 13.5. The molecule has 6 nitrogen and oxygen atoms in total. The third-order valence-corrected chi connectivity index (χ3v) is 11.4. The minimum absolute atomic E-state index is 0.0348. The number of benzene rings is 5. The van der Waals surface area contributed by atoms with Crippen LogP contribution in [0.1, 0.15) is 67.3 Å². The van der Waals surface area contributed by atoms with Crippen molar-refractivity contribution in [3.05, 3.63) is 179 Å². The first-order valence-corrected chi connectivity index (χ1v) is 19.5. The van der Waals surface area contributed by atoms with Crippen LogP contribution in [0.4, 0.5) is 4.79 Å². The fourth-order valence-corrected chi connectivity index (χ4v) is 8.68. The Balaban J connectivity index is 1.10. The van der Waals surface area contributed by atoms with Crippen LogP contribution in [-0.4, -0.2) is 42.4 Å². The number of nitrogens with one attached hydrogen (secondary N) is 1. The van der Waals surface area contributed by atoms with Crippen LogP contribution in [0.5, 0.6) is 0 Å². The summed E-state index contributed by atoms with van der Waals surface area (Å²) in [6, 6.07) is 46.9. The van der Waals surface area contributed by atoms with Crippen molar-refractivity contribution >= 4 is 29.6 Å². The number of alkyl carbamates (subject to hydrolysis) is 1. The number of esters is 1. The Labute approximate surface area is 323 Å². The highest BCUT2D eigenvalue weighted by atomic mass is 32.2. The van der Waals surface area contributed by atoms with E-state index in [1.165, 1.54) is 23.6 Å². The molecule has 1 aliphatic rings. The number of ketones is 1. The maximum atomic E-state index is 13.5. The summed E-state index contributed by atoms with van der Waals surface area (Å²) in [5.41, 5.74) is 8.03. The van der Waals surface area contributed by atoms with Gasteiger partial charge in [-0.3, -0.25) is 4.79 Å². The standard InChI is InChI=1S/C47H47NO5S/c1-33(2)44(48-46(51)52-32-43-41-28-15-13-26-39(41)40-27-14-16-29-42(40)43)45(50)53-38(31-34(3)49)25-17-18-30-54-47(35-19-7-4-8-20-35,36-21-9-5-10-22-36)37-23-11-6-12-24-37/h4-17,19-29,33,38,43-44H,18,30-32H2,1-3H3,(H,48,51)/b25-17+/t38?,44-/m0/s1. The van der Waals surface area contributed by atoms with E-state index in [1.807, 2.05) is 74.1 Å². The van der Waals surface area contributed by atoms with Gasteiger partial charge >= 0.3 is 12.1 Å². The highest BCUT2D eigenvalue weighted by Crippen LogP contribution is 2.49. The van der Waals surface area contributed by atoms with Gasteiger partial charge in [-0.2, -0.15) is 0 Å². The zero-order valence-electron chi connectivity index (χ0n) is 31.0. The molecule has 0 spiro atoms. The highest BCUT2D eigenvalue weighted by Gasteiger charge is 2.37. The van der Waals surface area contributed by atoms with Crippen molar-refractivity contribution in [2.75, 3.05) is 12.4 Å². The summed E-state index contributed by atoms with van der Waals surface area (Å²) in [5, 5.41) is 2.74. The summed E-state index contributed by atoms with van der Waals surface area (Å²) in [6.45, 7) is 5.28. The van der Waals surface area contributed by atoms with Gasteiger partial charge in [0.15, 0.2) is 0 Å². The third kappa shape index (κ3) is 8.86. The van der Waals surface area contributed by atoms with E-state index in [-0.39, 0.29) is 30.6 Å². The van der Waals surface area contributed by atoms with Gasteiger partial charge in [0.05, 0.1) is 4.75 Å². The molecule has 0 aliphatic heterocycles. The van der Waals surface area contributed by atoms with Crippen molar-refractivity contribution in [3.63, 3.8) is 0 Å². The second-order valence-electron chi connectivity index (χ2n) is 13.9. The summed E-state index contributed by atoms with van der Waals surface area (Å²) in [7, 11) is 0. The lowest BCUT2D eigenvalue weighted by molar-refractivity contribution is -0.151. The Hall–Kier alpha value is -5.40. The molecule has 0 heterocycles. The molecule has 1 aliphatic carbocycles. The van der Waals surface area contributed by atoms with Gasteiger partial charge in [-0.15, -0.1) is 11.8 Å². The Morgan fingerprint density at radius 3 is 1.69 bits per heavy atom. The van der Waals surface area contributed by atoms with Crippen molar-refractivity contribution < 1.29 is 23.9 Å². The number of fused-ring (bicyclic) bond motifs is 3. The van der Waals surface area contributed by atoms with Crippen LogP contribution in [0, 0.1) is 5.92 Å². The molecule has 7 heteroatoms. The molecule has 1 N–H and O–H groups in total. The van der Waals surface area contributed by atoms with Gasteiger partial charge < -0.3 is 14.8 Å². The molecular weight excluding hydrogens is 691 g/mol. The van der Waals surface area contributed by atoms with Gasteiger partial charge in [0.2, 0.25) is 0 Å². The third-order valence-electron chi connectivity index (χ3n) is 9.79. The number of thioether (sulfide) groups is 1. The number of Topliss-reactive ketones (excluding diaryl/α,β-unsaturated/α-hetero) is 1. The average molecular weight is 738 g/mol. The van der Waals surface area contributed by atoms with Crippen LogP contribution < -0.4 is 5.32 Å². The van der Waals surface area contributed by atoms with Gasteiger partial charge in [-0.1, -0.05) is 159 Å². The molecule has 0 saturated heterocycles. The summed E-state index contributed by atoms with van der Waals surface area (Å²) < 4.78 is 11.2. The Morgan fingerprint density at radius 2 is 1.20 bits per heavy atom. The molecular formula is C47H47NO5S. The van der Waals surface area contributed by atoms with Crippen LogP contribution in [-0.2, 0) is 23.8 Å². The van der Waals surface area contributed by atoms with E-state index < -0.39 is 29.0 Å². The lowest BCUT2D eigenvalue weighted by atomic mass is 9.84. The molecule has 5 aromatic carbocycles. The number of amides is 1. The fourth-order valence-electron chi connectivity index (χ4n) is 7.22. The molecule has 1 unspecified atom stereocenters. The number of carbonyl (C=O) groups is 3. The largest absolute Gasteiger partial charge is 0.456 e. The van der Waals surface area contributed by atoms with E-state index in [1.54, 1.807) is 6.08 Å². The Kier molecular flexibility index (Phi) is 12.8. The maximum Gasteiger partial charge on any atom is 0.407 e. The van der Waals surface area contributed by atoms with Crippen molar-refractivity contribution in [1.29, 1.82) is 0 Å². The molecule has 0 radical (unpaired) electrons. The monoisotopic (exact) mass is 737 g/mol. The number of hydrogen-bond donors (Lipinski definition) is 1. The average Bonchev–Trinajstić information content (AvgIpc) is 3.51. The molecule has 5 aromatic rings. The lowest BCUT2D eigenvalue weighted by Crippen LogP contribution is -2.46. The van der Waals surface area contributed by atoms with Crippen LogP contribution in [0.2, 0.25) is 0 Å². The van der Waals surface area contributed by atoms with E-state index in [9.17, 15) is 14.4 Å². The fraction of sp³-hybridized carbons (Fsp3) is 0.255. The summed E-state index contributed by atoms with van der Waals surface area (Å²) in [4.78, 5) is 39.0. The summed E-state index contributed by atoms with van der Waals surface area (Å²) in [6.07, 6.45) is 3.02. The molecule has 1 amide bonds. The van der Waals surface area contributed by atoms with Crippen molar-refractivity contribution in [3.8, 4) is 11.1 Å². The molecule has 0 bridgehead atoms. The zero-order valence-corrected chi connectivity index (χ0v) is 31.8. The van der Waals surface area contributed by atoms with Crippen LogP contribution in [0.25, 0.3) is 11.1 Å². The predicted octanol–water partition coefficient (Wildman–Crippen LogP) is 10.1. The van der Waals surface area contributed by atoms with Crippen LogP contribution in [0.15, 0.2) is 152 Å². The first-order valence-electron chi connectivity index (χ1n) is 18.6.